The van der Waals surface area contributed by atoms with Crippen LogP contribution < -0.4 is 0 Å². The molecule has 0 aromatic carbocycles. The van der Waals surface area contributed by atoms with Crippen molar-refractivity contribution in [2.24, 2.45) is 0 Å². The quantitative estimate of drug-likeness (QED) is 0.778. The van der Waals surface area contributed by atoms with Crippen LogP contribution in [0.25, 0.3) is 0 Å². The van der Waals surface area contributed by atoms with Crippen molar-refractivity contribution in [2.75, 3.05) is 20.8 Å². The van der Waals surface area contributed by atoms with E-state index in [0.717, 1.165) is 5.56 Å². The van der Waals surface area contributed by atoms with Gasteiger partial charge in [0.05, 0.1) is 18.2 Å². The smallest absolute Gasteiger partial charge is 0.240 e. The normalized spacial score (nSPS) is 11.2. The molecule has 0 fully saturated rings. The van der Waals surface area contributed by atoms with E-state index < -0.39 is 0 Å². The van der Waals surface area contributed by atoms with Crippen LogP contribution in [0.4, 0.5) is 0 Å². The highest BCUT2D eigenvalue weighted by molar-refractivity contribution is 6.31. The molecule has 0 spiro atoms. The number of aromatic nitrogens is 3. The van der Waals surface area contributed by atoms with Gasteiger partial charge in [0.1, 0.15) is 0 Å². The zero-order chi connectivity index (χ0) is 14.4. The Morgan fingerprint density at radius 1 is 1.40 bits per heavy atom. The fourth-order valence-corrected chi connectivity index (χ4v) is 1.94. The lowest BCUT2D eigenvalue weighted by molar-refractivity contribution is 0.199. The Hall–Kier alpha value is -1.50. The second-order valence-electron chi connectivity index (χ2n) is 4.49. The number of halogens is 1. The third-order valence-corrected chi connectivity index (χ3v) is 3.08. The fourth-order valence-electron chi connectivity index (χ4n) is 1.76. The molecule has 0 aliphatic carbocycles. The molecule has 0 radical (unpaired) electrons. The second-order valence-corrected chi connectivity index (χ2v) is 4.89. The second kappa shape index (κ2) is 7.33. The van der Waals surface area contributed by atoms with Crippen LogP contribution in [0, 0.1) is 0 Å². The summed E-state index contributed by atoms with van der Waals surface area (Å²) in [6.07, 6.45) is 4.02. The zero-order valence-corrected chi connectivity index (χ0v) is 12.3. The molecule has 2 aromatic rings. The zero-order valence-electron chi connectivity index (χ0n) is 11.5. The third kappa shape index (κ3) is 4.26. The van der Waals surface area contributed by atoms with Gasteiger partial charge in [-0.2, -0.15) is 4.98 Å². The number of pyridine rings is 1. The van der Waals surface area contributed by atoms with Crippen molar-refractivity contribution >= 4 is 11.6 Å². The topological polar surface area (TPSA) is 64.3 Å². The van der Waals surface area contributed by atoms with Crippen molar-refractivity contribution in [3.63, 3.8) is 0 Å². The molecule has 6 nitrogen and oxygen atoms in total. The van der Waals surface area contributed by atoms with Gasteiger partial charge in [-0.05, 0) is 18.7 Å². The molecule has 0 N–H and O–H groups in total. The number of nitrogens with zero attached hydrogens (tertiary/aromatic N) is 4. The summed E-state index contributed by atoms with van der Waals surface area (Å²) in [7, 11) is 3.61. The minimum atomic E-state index is 0.568. The molecular weight excluding hydrogens is 280 g/mol. The van der Waals surface area contributed by atoms with E-state index in [1.807, 2.05) is 13.1 Å². The van der Waals surface area contributed by atoms with Gasteiger partial charge in [0.25, 0.3) is 0 Å². The lowest BCUT2D eigenvalue weighted by Crippen LogP contribution is -2.17. The highest BCUT2D eigenvalue weighted by Crippen LogP contribution is 2.15. The molecule has 0 saturated carbocycles. The van der Waals surface area contributed by atoms with E-state index in [9.17, 15) is 0 Å². The van der Waals surface area contributed by atoms with E-state index in [-0.39, 0.29) is 0 Å². The lowest BCUT2D eigenvalue weighted by atomic mass is 10.2. The van der Waals surface area contributed by atoms with Crippen molar-refractivity contribution in [1.82, 2.24) is 20.0 Å². The van der Waals surface area contributed by atoms with Gasteiger partial charge in [0.15, 0.2) is 5.82 Å². The summed E-state index contributed by atoms with van der Waals surface area (Å²) in [5, 5.41) is 4.56. The van der Waals surface area contributed by atoms with Crippen LogP contribution in [0.5, 0.6) is 0 Å². The van der Waals surface area contributed by atoms with Crippen LogP contribution in [0.1, 0.15) is 17.3 Å². The Labute approximate surface area is 122 Å². The minimum absolute atomic E-state index is 0.568. The van der Waals surface area contributed by atoms with Crippen molar-refractivity contribution in [3.05, 3.63) is 40.8 Å². The Morgan fingerprint density at radius 2 is 2.25 bits per heavy atom. The van der Waals surface area contributed by atoms with E-state index in [2.05, 4.69) is 20.0 Å². The summed E-state index contributed by atoms with van der Waals surface area (Å²) in [5.74, 6) is 1.25. The summed E-state index contributed by atoms with van der Waals surface area (Å²) in [4.78, 5) is 10.3. The van der Waals surface area contributed by atoms with E-state index in [1.54, 1.807) is 19.5 Å². The Bertz CT molecular complexity index is 547. The highest BCUT2D eigenvalue weighted by Gasteiger charge is 2.10. The predicted octanol–water partition coefficient (Wildman–Crippen LogP) is 1.94. The lowest BCUT2D eigenvalue weighted by Gasteiger charge is -2.14. The van der Waals surface area contributed by atoms with Crippen LogP contribution in [-0.4, -0.2) is 40.8 Å². The fraction of sp³-hybridized carbons (Fsp3) is 0.462. The van der Waals surface area contributed by atoms with Gasteiger partial charge in [-0.1, -0.05) is 16.8 Å². The third-order valence-electron chi connectivity index (χ3n) is 2.74. The summed E-state index contributed by atoms with van der Waals surface area (Å²) < 4.78 is 10.2. The molecule has 0 aliphatic heterocycles. The first kappa shape index (κ1) is 14.9. The number of methoxy groups -OCH3 is 1. The molecule has 0 amide bonds. The molecule has 0 unspecified atom stereocenters. The Balaban J connectivity index is 1.89. The molecule has 2 aromatic heterocycles. The van der Waals surface area contributed by atoms with Gasteiger partial charge in [-0.3, -0.25) is 9.88 Å². The number of hydrogen-bond donors (Lipinski definition) is 0. The monoisotopic (exact) mass is 296 g/mol. The van der Waals surface area contributed by atoms with Gasteiger partial charge in [0, 0.05) is 32.5 Å². The molecular formula is C13H17ClN4O2. The highest BCUT2D eigenvalue weighted by atomic mass is 35.5. The van der Waals surface area contributed by atoms with E-state index in [4.69, 9.17) is 20.9 Å². The van der Waals surface area contributed by atoms with Gasteiger partial charge >= 0.3 is 0 Å². The Kier molecular flexibility index (Phi) is 5.46. The largest absolute Gasteiger partial charge is 0.384 e. The van der Waals surface area contributed by atoms with Crippen LogP contribution >= 0.6 is 11.6 Å². The van der Waals surface area contributed by atoms with Crippen LogP contribution in [0.3, 0.4) is 0 Å². The van der Waals surface area contributed by atoms with E-state index in [0.29, 0.717) is 42.9 Å². The molecule has 0 aliphatic rings. The summed E-state index contributed by atoms with van der Waals surface area (Å²) in [5.41, 5.74) is 1.02. The minimum Gasteiger partial charge on any atom is -0.384 e. The predicted molar refractivity (Wildman–Crippen MR) is 74.3 cm³/mol. The van der Waals surface area contributed by atoms with Gasteiger partial charge < -0.3 is 9.26 Å². The first-order valence-corrected chi connectivity index (χ1v) is 6.64. The molecule has 2 rings (SSSR count). The van der Waals surface area contributed by atoms with Crippen molar-refractivity contribution < 1.29 is 9.26 Å². The molecule has 2 heterocycles. The maximum Gasteiger partial charge on any atom is 0.240 e. The van der Waals surface area contributed by atoms with Crippen LogP contribution in [0.15, 0.2) is 23.0 Å². The average Bonchev–Trinajstić information content (AvgIpc) is 2.86. The maximum atomic E-state index is 6.08. The van der Waals surface area contributed by atoms with E-state index in [1.165, 1.54) is 0 Å². The molecule has 0 saturated heterocycles. The van der Waals surface area contributed by atoms with E-state index >= 15 is 0 Å². The molecule has 0 atom stereocenters. The number of ether oxygens (including phenoxy) is 1. The van der Waals surface area contributed by atoms with Crippen molar-refractivity contribution in [2.45, 2.75) is 19.5 Å². The van der Waals surface area contributed by atoms with Crippen molar-refractivity contribution in [3.8, 4) is 0 Å². The van der Waals surface area contributed by atoms with Gasteiger partial charge in [-0.15, -0.1) is 0 Å². The van der Waals surface area contributed by atoms with Crippen LogP contribution in [-0.2, 0) is 24.2 Å². The SMILES string of the molecule is COCCc1noc(CN(C)Cc2ccncc2Cl)n1. The molecule has 20 heavy (non-hydrogen) atoms. The first-order valence-electron chi connectivity index (χ1n) is 6.26. The summed E-state index contributed by atoms with van der Waals surface area (Å²) in [6.45, 7) is 1.84. The number of rotatable bonds is 7. The average molecular weight is 297 g/mol. The molecule has 108 valence electrons. The maximum absolute atomic E-state index is 6.08. The number of hydrogen-bond acceptors (Lipinski definition) is 6. The van der Waals surface area contributed by atoms with Gasteiger partial charge in [0.2, 0.25) is 5.89 Å². The standard InChI is InChI=1S/C13H17ClN4O2/c1-18(8-10-3-5-15-7-11(10)14)9-13-16-12(17-20-13)4-6-19-2/h3,5,7H,4,6,8-9H2,1-2H3. The molecule has 0 bridgehead atoms. The first-order chi connectivity index (χ1) is 9.69. The van der Waals surface area contributed by atoms with Crippen molar-refractivity contribution in [1.29, 1.82) is 0 Å². The van der Waals surface area contributed by atoms with Gasteiger partial charge in [-0.25, -0.2) is 0 Å². The summed E-state index contributed by atoms with van der Waals surface area (Å²) >= 11 is 6.08. The Morgan fingerprint density at radius 3 is 3.00 bits per heavy atom. The molecule has 7 heteroatoms. The van der Waals surface area contributed by atoms with Crippen LogP contribution in [0.2, 0.25) is 5.02 Å². The summed E-state index contributed by atoms with van der Waals surface area (Å²) in [6, 6.07) is 1.90.